The van der Waals surface area contributed by atoms with Gasteiger partial charge in [0.1, 0.15) is 0 Å². The van der Waals surface area contributed by atoms with Crippen LogP contribution in [-0.2, 0) is 0 Å². The minimum Gasteiger partial charge on any atom is -0.396 e. The van der Waals surface area contributed by atoms with Crippen LogP contribution in [-0.4, -0.2) is 23.2 Å². The van der Waals surface area contributed by atoms with E-state index in [4.69, 9.17) is 5.11 Å². The number of hydrogen-bond donors (Lipinski definition) is 2. The quantitative estimate of drug-likeness (QED) is 0.732. The smallest absolute Gasteiger partial charge is 0.182 e. The topological polar surface area (TPSA) is 45.1 Å². The number of thiazole rings is 1. The highest BCUT2D eigenvalue weighted by Gasteiger charge is 2.07. The van der Waals surface area contributed by atoms with Gasteiger partial charge in [0.2, 0.25) is 0 Å². The van der Waals surface area contributed by atoms with Crippen molar-refractivity contribution in [3.8, 4) is 0 Å². The van der Waals surface area contributed by atoms with Crippen molar-refractivity contribution in [2.75, 3.05) is 18.5 Å². The summed E-state index contributed by atoms with van der Waals surface area (Å²) in [6.07, 6.45) is 5.02. The van der Waals surface area contributed by atoms with Crippen LogP contribution in [0.3, 0.4) is 0 Å². The number of nitrogens with zero attached hydrogens (tertiary/aromatic N) is 1. The largest absolute Gasteiger partial charge is 0.396 e. The maximum absolute atomic E-state index is 8.88. The lowest BCUT2D eigenvalue weighted by Gasteiger charge is -2.14. The summed E-state index contributed by atoms with van der Waals surface area (Å²) < 4.78 is 0. The molecular weight excluding hydrogens is 196 g/mol. The van der Waals surface area contributed by atoms with Gasteiger partial charge in [0.15, 0.2) is 5.13 Å². The van der Waals surface area contributed by atoms with E-state index in [1.54, 1.807) is 17.5 Å². The number of nitrogens with one attached hydrogen (secondary N) is 1. The van der Waals surface area contributed by atoms with E-state index in [0.717, 1.165) is 18.1 Å². The molecule has 0 saturated heterocycles. The minimum absolute atomic E-state index is 0.282. The Kier molecular flexibility index (Phi) is 5.56. The van der Waals surface area contributed by atoms with Crippen molar-refractivity contribution in [1.29, 1.82) is 0 Å². The fourth-order valence-electron chi connectivity index (χ4n) is 1.48. The standard InChI is InChI=1S/C10H18N2OS/c1-2-3-9(4-6-13)8-12-10-11-5-7-14-10/h5,7,9,13H,2-4,6,8H2,1H3,(H,11,12). The van der Waals surface area contributed by atoms with Crippen LogP contribution in [0.25, 0.3) is 0 Å². The highest BCUT2D eigenvalue weighted by Crippen LogP contribution is 2.15. The van der Waals surface area contributed by atoms with Gasteiger partial charge in [-0.2, -0.15) is 0 Å². The normalized spacial score (nSPS) is 12.7. The molecule has 0 saturated carbocycles. The third kappa shape index (κ3) is 4.07. The van der Waals surface area contributed by atoms with E-state index in [2.05, 4.69) is 17.2 Å². The molecule has 0 radical (unpaired) electrons. The van der Waals surface area contributed by atoms with Crippen molar-refractivity contribution < 1.29 is 5.11 Å². The van der Waals surface area contributed by atoms with Gasteiger partial charge in [-0.05, 0) is 18.8 Å². The predicted octanol–water partition coefficient (Wildman–Crippen LogP) is 2.35. The van der Waals surface area contributed by atoms with E-state index in [9.17, 15) is 0 Å². The summed E-state index contributed by atoms with van der Waals surface area (Å²) in [6.45, 7) is 3.37. The van der Waals surface area contributed by atoms with Crippen molar-refractivity contribution in [2.24, 2.45) is 5.92 Å². The second-order valence-corrected chi connectivity index (χ2v) is 4.28. The lowest BCUT2D eigenvalue weighted by molar-refractivity contribution is 0.255. The molecule has 1 aromatic rings. The van der Waals surface area contributed by atoms with Crippen LogP contribution in [0.1, 0.15) is 26.2 Å². The van der Waals surface area contributed by atoms with Crippen LogP contribution < -0.4 is 5.32 Å². The molecule has 1 rings (SSSR count). The van der Waals surface area contributed by atoms with E-state index in [1.807, 2.05) is 5.38 Å². The lowest BCUT2D eigenvalue weighted by Crippen LogP contribution is -2.15. The first-order valence-electron chi connectivity index (χ1n) is 5.11. The second kappa shape index (κ2) is 6.79. The van der Waals surface area contributed by atoms with Gasteiger partial charge in [-0.25, -0.2) is 4.98 Å². The molecule has 1 aromatic heterocycles. The van der Waals surface area contributed by atoms with E-state index in [1.165, 1.54) is 12.8 Å². The van der Waals surface area contributed by atoms with Crippen molar-refractivity contribution in [3.63, 3.8) is 0 Å². The SMILES string of the molecule is CCCC(CCO)CNc1nccs1. The molecule has 1 atom stereocenters. The van der Waals surface area contributed by atoms with Gasteiger partial charge >= 0.3 is 0 Å². The van der Waals surface area contributed by atoms with Crippen LogP contribution in [0.15, 0.2) is 11.6 Å². The summed E-state index contributed by atoms with van der Waals surface area (Å²) in [5.74, 6) is 0.564. The lowest BCUT2D eigenvalue weighted by atomic mass is 10.0. The first-order valence-corrected chi connectivity index (χ1v) is 5.99. The summed E-state index contributed by atoms with van der Waals surface area (Å²) in [5, 5.41) is 15.1. The van der Waals surface area contributed by atoms with Gasteiger partial charge in [-0.3, -0.25) is 0 Å². The van der Waals surface area contributed by atoms with Gasteiger partial charge < -0.3 is 10.4 Å². The third-order valence-electron chi connectivity index (χ3n) is 2.21. The zero-order valence-electron chi connectivity index (χ0n) is 8.57. The summed E-state index contributed by atoms with van der Waals surface area (Å²) in [7, 11) is 0. The van der Waals surface area contributed by atoms with E-state index >= 15 is 0 Å². The number of anilines is 1. The summed E-state index contributed by atoms with van der Waals surface area (Å²) in [6, 6.07) is 0. The maximum Gasteiger partial charge on any atom is 0.182 e. The Morgan fingerprint density at radius 1 is 1.57 bits per heavy atom. The van der Waals surface area contributed by atoms with Crippen LogP contribution in [0.4, 0.5) is 5.13 Å². The zero-order chi connectivity index (χ0) is 10.2. The molecule has 0 spiro atoms. The molecule has 1 unspecified atom stereocenters. The molecule has 0 aliphatic heterocycles. The molecule has 0 aliphatic rings. The average molecular weight is 214 g/mol. The molecular formula is C10H18N2OS. The molecule has 2 N–H and O–H groups in total. The molecule has 0 amide bonds. The molecule has 14 heavy (non-hydrogen) atoms. The fourth-order valence-corrected chi connectivity index (χ4v) is 2.02. The Hall–Kier alpha value is -0.610. The molecule has 0 aliphatic carbocycles. The first-order chi connectivity index (χ1) is 6.86. The predicted molar refractivity (Wildman–Crippen MR) is 60.7 cm³/mol. The zero-order valence-corrected chi connectivity index (χ0v) is 9.39. The Bertz CT molecular complexity index is 220. The highest BCUT2D eigenvalue weighted by molar-refractivity contribution is 7.13. The van der Waals surface area contributed by atoms with Gasteiger partial charge in [-0.1, -0.05) is 13.3 Å². The van der Waals surface area contributed by atoms with Crippen LogP contribution in [0.2, 0.25) is 0 Å². The van der Waals surface area contributed by atoms with Crippen molar-refractivity contribution in [3.05, 3.63) is 11.6 Å². The average Bonchev–Trinajstić information content (AvgIpc) is 2.67. The molecule has 0 aromatic carbocycles. The van der Waals surface area contributed by atoms with Crippen molar-refractivity contribution in [2.45, 2.75) is 26.2 Å². The maximum atomic E-state index is 8.88. The first kappa shape index (κ1) is 11.5. The number of aliphatic hydroxyl groups excluding tert-OH is 1. The molecule has 0 bridgehead atoms. The minimum atomic E-state index is 0.282. The second-order valence-electron chi connectivity index (χ2n) is 3.39. The third-order valence-corrected chi connectivity index (χ3v) is 2.94. The van der Waals surface area contributed by atoms with Gasteiger partial charge in [0, 0.05) is 24.7 Å². The van der Waals surface area contributed by atoms with Crippen LogP contribution in [0.5, 0.6) is 0 Å². The number of aliphatic hydroxyl groups is 1. The molecule has 80 valence electrons. The van der Waals surface area contributed by atoms with Crippen molar-refractivity contribution >= 4 is 16.5 Å². The number of aromatic nitrogens is 1. The van der Waals surface area contributed by atoms with E-state index in [-0.39, 0.29) is 6.61 Å². The molecule has 0 fully saturated rings. The van der Waals surface area contributed by atoms with Gasteiger partial charge in [0.25, 0.3) is 0 Å². The number of hydrogen-bond acceptors (Lipinski definition) is 4. The molecule has 4 heteroatoms. The summed E-state index contributed by atoms with van der Waals surface area (Å²) >= 11 is 1.62. The number of rotatable bonds is 7. The highest BCUT2D eigenvalue weighted by atomic mass is 32.1. The summed E-state index contributed by atoms with van der Waals surface area (Å²) in [4.78, 5) is 4.15. The Balaban J connectivity index is 2.25. The van der Waals surface area contributed by atoms with Crippen LogP contribution >= 0.6 is 11.3 Å². The molecule has 1 heterocycles. The van der Waals surface area contributed by atoms with Gasteiger partial charge in [-0.15, -0.1) is 11.3 Å². The Labute approximate surface area is 89.2 Å². The molecule has 3 nitrogen and oxygen atoms in total. The Morgan fingerprint density at radius 3 is 3.00 bits per heavy atom. The fraction of sp³-hybridized carbons (Fsp3) is 0.700. The Morgan fingerprint density at radius 2 is 2.43 bits per heavy atom. The summed E-state index contributed by atoms with van der Waals surface area (Å²) in [5.41, 5.74) is 0. The van der Waals surface area contributed by atoms with Gasteiger partial charge in [0.05, 0.1) is 0 Å². The van der Waals surface area contributed by atoms with Crippen molar-refractivity contribution in [1.82, 2.24) is 4.98 Å². The van der Waals surface area contributed by atoms with Crippen LogP contribution in [0, 0.1) is 5.92 Å². The van der Waals surface area contributed by atoms with E-state index in [0.29, 0.717) is 5.92 Å². The van der Waals surface area contributed by atoms with E-state index < -0.39 is 0 Å². The monoisotopic (exact) mass is 214 g/mol.